The van der Waals surface area contributed by atoms with Crippen molar-refractivity contribution in [3.63, 3.8) is 0 Å². The molecule has 0 radical (unpaired) electrons. The van der Waals surface area contributed by atoms with Crippen molar-refractivity contribution in [2.75, 3.05) is 12.4 Å². The van der Waals surface area contributed by atoms with E-state index in [0.29, 0.717) is 12.4 Å². The van der Waals surface area contributed by atoms with Crippen LogP contribution in [-0.2, 0) is 6.54 Å². The standard InChI is InChI=1S/C18H17N5O3/c1-19-18(24)14-7-8-15(16(11-14)23(25)26)20-17-9-10-22(21-17)12-13-5-3-2-4-6-13/h2-11H,12H2,1H3,(H,19,24)(H,20,21). The molecule has 0 atom stereocenters. The van der Waals surface area contributed by atoms with Crippen LogP contribution in [0.1, 0.15) is 15.9 Å². The third-order valence-corrected chi connectivity index (χ3v) is 3.77. The molecule has 1 aromatic heterocycles. The maximum atomic E-state index is 11.7. The minimum atomic E-state index is -0.532. The lowest BCUT2D eigenvalue weighted by Crippen LogP contribution is -2.17. The van der Waals surface area contributed by atoms with E-state index < -0.39 is 4.92 Å². The summed E-state index contributed by atoms with van der Waals surface area (Å²) in [7, 11) is 1.47. The summed E-state index contributed by atoms with van der Waals surface area (Å²) in [6.45, 7) is 0.597. The second-order valence-electron chi connectivity index (χ2n) is 5.58. The first-order valence-corrected chi connectivity index (χ1v) is 7.92. The van der Waals surface area contributed by atoms with Crippen LogP contribution in [0.25, 0.3) is 0 Å². The summed E-state index contributed by atoms with van der Waals surface area (Å²) in [5.74, 6) is 0.100. The van der Waals surface area contributed by atoms with Crippen molar-refractivity contribution in [1.29, 1.82) is 0 Å². The average Bonchev–Trinajstić information content (AvgIpc) is 3.09. The van der Waals surface area contributed by atoms with E-state index in [9.17, 15) is 14.9 Å². The van der Waals surface area contributed by atoms with Crippen LogP contribution in [0.3, 0.4) is 0 Å². The second kappa shape index (κ2) is 7.47. The van der Waals surface area contributed by atoms with Crippen LogP contribution < -0.4 is 10.6 Å². The summed E-state index contributed by atoms with van der Waals surface area (Å²) in [5, 5.41) is 21.1. The van der Waals surface area contributed by atoms with Crippen LogP contribution in [0.5, 0.6) is 0 Å². The summed E-state index contributed by atoms with van der Waals surface area (Å²) < 4.78 is 1.74. The highest BCUT2D eigenvalue weighted by molar-refractivity contribution is 5.95. The van der Waals surface area contributed by atoms with Crippen LogP contribution in [0.2, 0.25) is 0 Å². The van der Waals surface area contributed by atoms with Gasteiger partial charge in [-0.2, -0.15) is 5.10 Å². The van der Waals surface area contributed by atoms with Crippen molar-refractivity contribution in [2.45, 2.75) is 6.54 Å². The van der Waals surface area contributed by atoms with E-state index in [-0.39, 0.29) is 22.8 Å². The average molecular weight is 351 g/mol. The molecule has 3 aromatic rings. The molecule has 2 aromatic carbocycles. The molecular weight excluding hydrogens is 334 g/mol. The number of nitro groups is 1. The molecule has 0 aliphatic carbocycles. The molecule has 0 unspecified atom stereocenters. The van der Waals surface area contributed by atoms with Gasteiger partial charge in [0.2, 0.25) is 0 Å². The number of anilines is 2. The monoisotopic (exact) mass is 351 g/mol. The zero-order valence-electron chi connectivity index (χ0n) is 14.0. The molecule has 8 nitrogen and oxygen atoms in total. The van der Waals surface area contributed by atoms with Crippen molar-refractivity contribution < 1.29 is 9.72 Å². The van der Waals surface area contributed by atoms with Gasteiger partial charge < -0.3 is 10.6 Å². The molecule has 0 aliphatic rings. The molecule has 0 spiro atoms. The zero-order valence-corrected chi connectivity index (χ0v) is 14.0. The highest BCUT2D eigenvalue weighted by atomic mass is 16.6. The number of benzene rings is 2. The van der Waals surface area contributed by atoms with Gasteiger partial charge in [0, 0.05) is 30.9 Å². The Bertz CT molecular complexity index is 937. The van der Waals surface area contributed by atoms with Crippen LogP contribution in [-0.4, -0.2) is 27.7 Å². The molecule has 2 N–H and O–H groups in total. The van der Waals surface area contributed by atoms with Gasteiger partial charge in [-0.15, -0.1) is 0 Å². The number of hydrogen-bond donors (Lipinski definition) is 2. The Balaban J connectivity index is 1.80. The molecule has 0 fully saturated rings. The first-order chi connectivity index (χ1) is 12.6. The van der Waals surface area contributed by atoms with Crippen LogP contribution >= 0.6 is 0 Å². The number of carbonyl (C=O) groups excluding carboxylic acids is 1. The summed E-state index contributed by atoms with van der Waals surface area (Å²) in [6, 6.07) is 15.8. The predicted molar refractivity (Wildman–Crippen MR) is 97.5 cm³/mol. The van der Waals surface area contributed by atoms with Crippen molar-refractivity contribution in [2.24, 2.45) is 0 Å². The minimum absolute atomic E-state index is 0.191. The van der Waals surface area contributed by atoms with Gasteiger partial charge in [0.15, 0.2) is 5.82 Å². The Hall–Kier alpha value is -3.68. The Morgan fingerprint density at radius 2 is 1.96 bits per heavy atom. The number of carbonyl (C=O) groups is 1. The molecule has 132 valence electrons. The summed E-state index contributed by atoms with van der Waals surface area (Å²) in [4.78, 5) is 22.5. The van der Waals surface area contributed by atoms with E-state index in [0.717, 1.165) is 5.56 Å². The van der Waals surface area contributed by atoms with Gasteiger partial charge in [0.05, 0.1) is 11.5 Å². The molecule has 26 heavy (non-hydrogen) atoms. The molecular formula is C18H17N5O3. The zero-order chi connectivity index (χ0) is 18.5. The Labute approximate surface area is 149 Å². The summed E-state index contributed by atoms with van der Waals surface area (Å²) in [6.07, 6.45) is 1.79. The van der Waals surface area contributed by atoms with Crippen molar-refractivity contribution in [1.82, 2.24) is 15.1 Å². The second-order valence-corrected chi connectivity index (χ2v) is 5.58. The smallest absolute Gasteiger partial charge is 0.293 e. The Morgan fingerprint density at radius 1 is 1.19 bits per heavy atom. The molecule has 3 rings (SSSR count). The fraction of sp³-hybridized carbons (Fsp3) is 0.111. The van der Waals surface area contributed by atoms with Crippen molar-refractivity contribution >= 4 is 23.1 Å². The number of nitrogens with zero attached hydrogens (tertiary/aromatic N) is 3. The largest absolute Gasteiger partial charge is 0.355 e. The quantitative estimate of drug-likeness (QED) is 0.525. The van der Waals surface area contributed by atoms with E-state index >= 15 is 0 Å². The van der Waals surface area contributed by atoms with Crippen molar-refractivity contribution in [3.8, 4) is 0 Å². The lowest BCUT2D eigenvalue weighted by atomic mass is 10.1. The number of nitrogens with one attached hydrogen (secondary N) is 2. The predicted octanol–water partition coefficient (Wildman–Crippen LogP) is 2.94. The lowest BCUT2D eigenvalue weighted by molar-refractivity contribution is -0.383. The van der Waals surface area contributed by atoms with E-state index in [2.05, 4.69) is 15.7 Å². The lowest BCUT2D eigenvalue weighted by Gasteiger charge is -2.06. The van der Waals surface area contributed by atoms with Crippen molar-refractivity contribution in [3.05, 3.63) is 82.0 Å². The first-order valence-electron chi connectivity index (χ1n) is 7.92. The third kappa shape index (κ3) is 3.86. The highest BCUT2D eigenvalue weighted by Crippen LogP contribution is 2.28. The van der Waals surface area contributed by atoms with Gasteiger partial charge in [-0.05, 0) is 17.7 Å². The molecule has 0 saturated heterocycles. The number of rotatable bonds is 6. The van der Waals surface area contributed by atoms with E-state index in [4.69, 9.17) is 0 Å². The first kappa shape index (κ1) is 17.2. The fourth-order valence-corrected chi connectivity index (χ4v) is 2.50. The van der Waals surface area contributed by atoms with E-state index in [1.54, 1.807) is 16.9 Å². The highest BCUT2D eigenvalue weighted by Gasteiger charge is 2.18. The normalized spacial score (nSPS) is 10.3. The minimum Gasteiger partial charge on any atom is -0.355 e. The maximum absolute atomic E-state index is 11.7. The summed E-state index contributed by atoms with van der Waals surface area (Å²) in [5.41, 5.74) is 1.40. The Morgan fingerprint density at radius 3 is 2.65 bits per heavy atom. The van der Waals surface area contributed by atoms with Gasteiger partial charge in [-0.25, -0.2) is 0 Å². The SMILES string of the molecule is CNC(=O)c1ccc(Nc2ccn(Cc3ccccc3)n2)c([N+](=O)[O-])c1. The van der Waals surface area contributed by atoms with Crippen LogP contribution in [0.15, 0.2) is 60.8 Å². The number of amides is 1. The molecule has 0 aliphatic heterocycles. The Kier molecular flexibility index (Phi) is 4.93. The molecule has 1 amide bonds. The topological polar surface area (TPSA) is 102 Å². The molecule has 0 saturated carbocycles. The molecule has 0 bridgehead atoms. The number of hydrogen-bond acceptors (Lipinski definition) is 5. The maximum Gasteiger partial charge on any atom is 0.293 e. The number of aromatic nitrogens is 2. The molecule has 1 heterocycles. The summed E-state index contributed by atoms with van der Waals surface area (Å²) >= 11 is 0. The van der Waals surface area contributed by atoms with Gasteiger partial charge in [-0.1, -0.05) is 30.3 Å². The van der Waals surface area contributed by atoms with E-state index in [1.807, 2.05) is 30.3 Å². The van der Waals surface area contributed by atoms with Gasteiger partial charge in [-0.3, -0.25) is 19.6 Å². The van der Waals surface area contributed by atoms with Gasteiger partial charge in [0.1, 0.15) is 5.69 Å². The van der Waals surface area contributed by atoms with Gasteiger partial charge >= 0.3 is 0 Å². The van der Waals surface area contributed by atoms with E-state index in [1.165, 1.54) is 25.2 Å². The fourth-order valence-electron chi connectivity index (χ4n) is 2.50. The third-order valence-electron chi connectivity index (χ3n) is 3.77. The number of nitro benzene ring substituents is 1. The van der Waals surface area contributed by atoms with Crippen LogP contribution in [0.4, 0.5) is 17.2 Å². The van der Waals surface area contributed by atoms with Crippen LogP contribution in [0, 0.1) is 10.1 Å². The van der Waals surface area contributed by atoms with Gasteiger partial charge in [0.25, 0.3) is 11.6 Å². The molecule has 8 heteroatoms.